The van der Waals surface area contributed by atoms with Gasteiger partial charge in [-0.1, -0.05) is 231 Å². The molecular weight excluding hydrogens is 1040 g/mol. The highest BCUT2D eigenvalue weighted by Gasteiger charge is 2.50. The third-order valence-electron chi connectivity index (χ3n) is 13.7. The van der Waals surface area contributed by atoms with E-state index in [4.69, 9.17) is 23.7 Å². The first-order valence-electron chi connectivity index (χ1n) is 32.2. The number of aliphatic hydroxyl groups is 2. The normalized spacial score (nSPS) is 18.5. The van der Waals surface area contributed by atoms with E-state index in [1.165, 1.54) is 25.7 Å². The largest absolute Gasteiger partial charge is 0.479 e. The van der Waals surface area contributed by atoms with Gasteiger partial charge in [-0.25, -0.2) is 4.79 Å². The highest BCUT2D eigenvalue weighted by molar-refractivity contribution is 5.74. The second-order valence-corrected chi connectivity index (χ2v) is 21.3. The lowest BCUT2D eigenvalue weighted by atomic mass is 9.98. The van der Waals surface area contributed by atoms with Crippen LogP contribution in [0, 0.1) is 0 Å². The van der Waals surface area contributed by atoms with Crippen LogP contribution in [0.3, 0.4) is 0 Å². The monoisotopic (exact) mass is 1160 g/mol. The molecule has 0 aliphatic carbocycles. The molecule has 1 aliphatic rings. The van der Waals surface area contributed by atoms with Crippen molar-refractivity contribution in [2.24, 2.45) is 0 Å². The predicted octanol–water partition coefficient (Wildman–Crippen LogP) is 17.3. The number of hydrogen-bond acceptors (Lipinski definition) is 11. The van der Waals surface area contributed by atoms with Crippen LogP contribution >= 0.6 is 0 Å². The lowest BCUT2D eigenvalue weighted by Gasteiger charge is -2.40. The molecular formula is C71H112O12. The van der Waals surface area contributed by atoms with Gasteiger partial charge < -0.3 is 39.0 Å². The molecule has 12 nitrogen and oxygen atoms in total. The summed E-state index contributed by atoms with van der Waals surface area (Å²) < 4.78 is 28.4. The average Bonchev–Trinajstić information content (AvgIpc) is 3.55. The maximum Gasteiger partial charge on any atom is 0.335 e. The number of carboxylic acids is 1. The van der Waals surface area contributed by atoms with E-state index in [9.17, 15) is 34.5 Å². The summed E-state index contributed by atoms with van der Waals surface area (Å²) in [7, 11) is 0. The molecule has 1 rings (SSSR count). The molecule has 1 fully saturated rings. The fraction of sp³-hybridized carbons (Fsp3) is 0.634. The van der Waals surface area contributed by atoms with Crippen LogP contribution < -0.4 is 0 Å². The minimum absolute atomic E-state index is 0.0733. The lowest BCUT2D eigenvalue weighted by molar-refractivity contribution is -0.301. The van der Waals surface area contributed by atoms with Gasteiger partial charge in [-0.2, -0.15) is 0 Å². The molecule has 3 N–H and O–H groups in total. The first-order chi connectivity index (χ1) is 40.6. The number of carboxylic acid groups (broad SMARTS) is 1. The molecule has 0 bridgehead atoms. The number of carbonyl (C=O) groups excluding carboxylic acids is 3. The SMILES string of the molecule is CC/C=C\C/C=C\C/C=C\C/C=C\C/C=C\C/C=C\CCC(=O)OC1C(OCC(COC(=O)CCCCCCCCC/C=C\C/C=C\C/C=C\CC)OC(=O)CCCCCCCCC/C=C\C/C=C\CCCCC)OC(C(=O)O)C(O)C1O. The number of aliphatic carboxylic acids is 1. The first kappa shape index (κ1) is 75.9. The van der Waals surface area contributed by atoms with Crippen molar-refractivity contribution in [3.8, 4) is 0 Å². The summed E-state index contributed by atoms with van der Waals surface area (Å²) in [5.41, 5.74) is 0. The van der Waals surface area contributed by atoms with Gasteiger partial charge in [-0.3, -0.25) is 14.4 Å². The number of allylic oxidation sites excluding steroid dienone is 22. The molecule has 1 saturated heterocycles. The van der Waals surface area contributed by atoms with Gasteiger partial charge in [0.1, 0.15) is 18.8 Å². The zero-order valence-electron chi connectivity index (χ0n) is 51.6. The van der Waals surface area contributed by atoms with E-state index in [0.717, 1.165) is 148 Å². The first-order valence-corrected chi connectivity index (χ1v) is 32.2. The molecule has 0 spiro atoms. The van der Waals surface area contributed by atoms with Gasteiger partial charge in [0.25, 0.3) is 0 Å². The Labute approximate surface area is 502 Å². The molecule has 6 atom stereocenters. The molecule has 0 amide bonds. The molecule has 1 heterocycles. The highest BCUT2D eigenvalue weighted by atomic mass is 16.7. The maximum absolute atomic E-state index is 13.2. The Balaban J connectivity index is 2.73. The van der Waals surface area contributed by atoms with Crippen molar-refractivity contribution in [2.45, 2.75) is 276 Å². The minimum Gasteiger partial charge on any atom is -0.479 e. The summed E-state index contributed by atoms with van der Waals surface area (Å²) in [6.45, 7) is 5.71. The Morgan fingerprint density at radius 3 is 1.20 bits per heavy atom. The van der Waals surface area contributed by atoms with Crippen molar-refractivity contribution in [1.82, 2.24) is 0 Å². The van der Waals surface area contributed by atoms with Crippen LogP contribution in [0.15, 0.2) is 134 Å². The quantitative estimate of drug-likeness (QED) is 0.0228. The van der Waals surface area contributed by atoms with Crippen LogP contribution in [0.1, 0.15) is 239 Å². The predicted molar refractivity (Wildman–Crippen MR) is 340 cm³/mol. The molecule has 0 aromatic heterocycles. The van der Waals surface area contributed by atoms with Crippen molar-refractivity contribution >= 4 is 23.9 Å². The summed E-state index contributed by atoms with van der Waals surface area (Å²) in [6, 6.07) is 0. The topological polar surface area (TPSA) is 175 Å². The number of ether oxygens (including phenoxy) is 5. The van der Waals surface area contributed by atoms with Crippen LogP contribution in [-0.2, 0) is 42.9 Å². The zero-order valence-corrected chi connectivity index (χ0v) is 51.6. The van der Waals surface area contributed by atoms with E-state index in [0.29, 0.717) is 25.7 Å². The van der Waals surface area contributed by atoms with Crippen molar-refractivity contribution in [1.29, 1.82) is 0 Å². The summed E-state index contributed by atoms with van der Waals surface area (Å²) in [5.74, 6) is -3.27. The second-order valence-electron chi connectivity index (χ2n) is 21.3. The van der Waals surface area contributed by atoms with Gasteiger partial charge in [0.2, 0.25) is 0 Å². The summed E-state index contributed by atoms with van der Waals surface area (Å²) in [5, 5.41) is 31.6. The molecule has 83 heavy (non-hydrogen) atoms. The van der Waals surface area contributed by atoms with Crippen LogP contribution in [0.2, 0.25) is 0 Å². The molecule has 0 aromatic rings. The Kier molecular flexibility index (Phi) is 52.4. The molecule has 0 aromatic carbocycles. The smallest absolute Gasteiger partial charge is 0.335 e. The molecule has 468 valence electrons. The van der Waals surface area contributed by atoms with E-state index in [2.05, 4.69) is 136 Å². The van der Waals surface area contributed by atoms with Crippen molar-refractivity contribution < 1.29 is 58.2 Å². The number of aliphatic hydroxyl groups excluding tert-OH is 2. The third-order valence-corrected chi connectivity index (χ3v) is 13.7. The second kappa shape index (κ2) is 57.3. The molecule has 12 heteroatoms. The third kappa shape index (κ3) is 46.9. The Hall–Kier alpha value is -5.14. The number of hydrogen-bond donors (Lipinski definition) is 3. The summed E-state index contributed by atoms with van der Waals surface area (Å²) in [4.78, 5) is 51.3. The van der Waals surface area contributed by atoms with Gasteiger partial charge in [-0.15, -0.1) is 0 Å². The van der Waals surface area contributed by atoms with Crippen LogP contribution in [0.5, 0.6) is 0 Å². The fourth-order valence-corrected chi connectivity index (χ4v) is 8.85. The Morgan fingerprint density at radius 1 is 0.410 bits per heavy atom. The molecule has 6 unspecified atom stereocenters. The number of carbonyl (C=O) groups is 4. The molecule has 0 radical (unpaired) electrons. The van der Waals surface area contributed by atoms with Gasteiger partial charge in [0.15, 0.2) is 24.6 Å². The Morgan fingerprint density at radius 2 is 0.783 bits per heavy atom. The number of rotatable bonds is 53. The average molecular weight is 1160 g/mol. The van der Waals surface area contributed by atoms with Gasteiger partial charge in [0, 0.05) is 19.3 Å². The van der Waals surface area contributed by atoms with Crippen LogP contribution in [-0.4, -0.2) is 89.2 Å². The standard InChI is InChI=1S/C71H112O12/c1-4-7-10-13-16-19-22-25-28-31-32-35-38-41-44-47-50-53-56-59-65(74)82-69-67(76)66(75)68(70(77)78)83-71(69)80-61-62(81-64(73)58-55-52-49-46-43-40-37-34-30-27-24-21-18-15-12-9-6-3)60-79-63(72)57-54-51-48-45-42-39-36-33-29-26-23-20-17-14-11-8-5-2/h7-8,10-11,16-21,25-30,32,35,41,44,50,53,62,66-69,71,75-76H,4-6,9,12-15,22-24,31,33-34,36-40,42-43,45-49,51-52,54-61H2,1-3H3,(H,77,78)/b10-7-,11-8-,19-16-,20-17-,21-18-,28-25-,29-26-,30-27-,35-32-,44-41-,53-50-. The molecule has 1 aliphatic heterocycles. The Bertz CT molecular complexity index is 1950. The highest BCUT2D eigenvalue weighted by Crippen LogP contribution is 2.26. The lowest BCUT2D eigenvalue weighted by Crippen LogP contribution is -2.61. The van der Waals surface area contributed by atoms with Gasteiger partial charge >= 0.3 is 23.9 Å². The fourth-order valence-electron chi connectivity index (χ4n) is 8.85. The minimum atomic E-state index is -1.94. The van der Waals surface area contributed by atoms with E-state index < -0.39 is 67.3 Å². The van der Waals surface area contributed by atoms with Crippen molar-refractivity contribution in [2.75, 3.05) is 13.2 Å². The van der Waals surface area contributed by atoms with E-state index >= 15 is 0 Å². The van der Waals surface area contributed by atoms with Crippen LogP contribution in [0.4, 0.5) is 0 Å². The summed E-state index contributed by atoms with van der Waals surface area (Å²) in [6.07, 6.45) is 68.4. The van der Waals surface area contributed by atoms with Gasteiger partial charge in [-0.05, 0) is 122 Å². The van der Waals surface area contributed by atoms with E-state index in [-0.39, 0.29) is 25.9 Å². The van der Waals surface area contributed by atoms with E-state index in [1.54, 1.807) is 0 Å². The number of unbranched alkanes of at least 4 members (excludes halogenated alkanes) is 17. The van der Waals surface area contributed by atoms with E-state index in [1.807, 2.05) is 18.2 Å². The van der Waals surface area contributed by atoms with Crippen LogP contribution in [0.25, 0.3) is 0 Å². The molecule has 0 saturated carbocycles. The zero-order chi connectivity index (χ0) is 60.3. The maximum atomic E-state index is 13.2. The summed E-state index contributed by atoms with van der Waals surface area (Å²) >= 11 is 0. The van der Waals surface area contributed by atoms with Crippen molar-refractivity contribution in [3.63, 3.8) is 0 Å². The van der Waals surface area contributed by atoms with Crippen molar-refractivity contribution in [3.05, 3.63) is 134 Å². The van der Waals surface area contributed by atoms with Gasteiger partial charge in [0.05, 0.1) is 6.61 Å². The number of esters is 3.